The molecule has 0 unspecified atom stereocenters. The maximum absolute atomic E-state index is 12.7. The van der Waals surface area contributed by atoms with Crippen LogP contribution in [0, 0.1) is 0 Å². The fourth-order valence-electron chi connectivity index (χ4n) is 3.01. The highest BCUT2D eigenvalue weighted by atomic mass is 35.5. The standard InChI is InChI=1S/C22H18ClN3O6S/c23-15-3-1-5-17(10-15)26-33(29,30)18-6-2-4-16(11-18)25-21(27)12-24-22(28)14-7-8-19-20(9-14)32-13-31-19/h1-11,26H,12-13H2,(H,24,28)(H,25,27). The molecule has 0 spiro atoms. The number of nitrogens with one attached hydrogen (secondary N) is 3. The van der Waals surface area contributed by atoms with Crippen molar-refractivity contribution in [1.29, 1.82) is 0 Å². The van der Waals surface area contributed by atoms with Crippen molar-refractivity contribution in [3.63, 3.8) is 0 Å². The minimum atomic E-state index is -3.91. The van der Waals surface area contributed by atoms with E-state index in [1.165, 1.54) is 36.4 Å². The number of halogens is 1. The molecule has 1 aliphatic rings. The van der Waals surface area contributed by atoms with Gasteiger partial charge in [-0.1, -0.05) is 23.7 Å². The summed E-state index contributed by atoms with van der Waals surface area (Å²) in [5.74, 6) is 0.00688. The number of anilines is 2. The molecule has 0 radical (unpaired) electrons. The number of benzene rings is 3. The van der Waals surface area contributed by atoms with E-state index in [9.17, 15) is 18.0 Å². The van der Waals surface area contributed by atoms with Gasteiger partial charge in [0.05, 0.1) is 17.1 Å². The number of carbonyl (C=O) groups is 2. The second kappa shape index (κ2) is 9.39. The zero-order valence-electron chi connectivity index (χ0n) is 17.0. The van der Waals surface area contributed by atoms with Crippen LogP contribution in [-0.2, 0) is 14.8 Å². The minimum Gasteiger partial charge on any atom is -0.454 e. The zero-order chi connectivity index (χ0) is 23.4. The maximum atomic E-state index is 12.7. The summed E-state index contributed by atoms with van der Waals surface area (Å²) >= 11 is 5.89. The van der Waals surface area contributed by atoms with Crippen molar-refractivity contribution in [1.82, 2.24) is 5.32 Å². The summed E-state index contributed by atoms with van der Waals surface area (Å²) in [6.45, 7) is -0.225. The highest BCUT2D eigenvalue weighted by molar-refractivity contribution is 7.92. The first-order chi connectivity index (χ1) is 15.8. The lowest BCUT2D eigenvalue weighted by atomic mass is 10.2. The summed E-state index contributed by atoms with van der Waals surface area (Å²) in [6, 6.07) is 16.7. The third-order valence-corrected chi connectivity index (χ3v) is 6.16. The molecule has 3 N–H and O–H groups in total. The Bertz CT molecular complexity index is 1330. The second-order valence-electron chi connectivity index (χ2n) is 6.94. The quantitative estimate of drug-likeness (QED) is 0.470. The number of amides is 2. The fourth-order valence-corrected chi connectivity index (χ4v) is 4.30. The summed E-state index contributed by atoms with van der Waals surface area (Å²) in [7, 11) is -3.91. The van der Waals surface area contributed by atoms with Crippen molar-refractivity contribution in [2.24, 2.45) is 0 Å². The predicted molar refractivity (Wildman–Crippen MR) is 122 cm³/mol. The fraction of sp³-hybridized carbons (Fsp3) is 0.0909. The molecule has 0 saturated heterocycles. The van der Waals surface area contributed by atoms with E-state index >= 15 is 0 Å². The average molecular weight is 488 g/mol. The number of rotatable bonds is 7. The molecule has 0 bridgehead atoms. The van der Waals surface area contributed by atoms with Gasteiger partial charge in [-0.15, -0.1) is 0 Å². The molecule has 1 aliphatic heterocycles. The van der Waals surface area contributed by atoms with Gasteiger partial charge in [-0.25, -0.2) is 8.42 Å². The molecule has 2 amide bonds. The molecule has 0 saturated carbocycles. The van der Waals surface area contributed by atoms with Crippen LogP contribution >= 0.6 is 11.6 Å². The lowest BCUT2D eigenvalue weighted by molar-refractivity contribution is -0.115. The second-order valence-corrected chi connectivity index (χ2v) is 9.06. The van der Waals surface area contributed by atoms with Crippen LogP contribution in [0.4, 0.5) is 11.4 Å². The highest BCUT2D eigenvalue weighted by Gasteiger charge is 2.18. The van der Waals surface area contributed by atoms with E-state index in [-0.39, 0.29) is 23.9 Å². The largest absolute Gasteiger partial charge is 0.454 e. The Labute approximate surface area is 194 Å². The summed E-state index contributed by atoms with van der Waals surface area (Å²) in [6.07, 6.45) is 0. The van der Waals surface area contributed by atoms with E-state index in [2.05, 4.69) is 15.4 Å². The third kappa shape index (κ3) is 5.54. The lowest BCUT2D eigenvalue weighted by Gasteiger charge is -2.11. The van der Waals surface area contributed by atoms with Crippen molar-refractivity contribution in [2.75, 3.05) is 23.4 Å². The Morgan fingerprint density at radius 1 is 0.909 bits per heavy atom. The smallest absolute Gasteiger partial charge is 0.261 e. The first-order valence-electron chi connectivity index (χ1n) is 9.66. The van der Waals surface area contributed by atoms with Gasteiger partial charge in [0, 0.05) is 16.3 Å². The molecule has 0 atom stereocenters. The number of hydrogen-bond donors (Lipinski definition) is 3. The Hall–Kier alpha value is -3.76. The van der Waals surface area contributed by atoms with E-state index in [1.54, 1.807) is 30.3 Å². The third-order valence-electron chi connectivity index (χ3n) is 4.55. The van der Waals surface area contributed by atoms with Gasteiger partial charge < -0.3 is 20.1 Å². The van der Waals surface area contributed by atoms with E-state index in [4.69, 9.17) is 21.1 Å². The molecule has 0 fully saturated rings. The van der Waals surface area contributed by atoms with Crippen LogP contribution in [0.15, 0.2) is 71.6 Å². The molecule has 3 aromatic rings. The van der Waals surface area contributed by atoms with Gasteiger partial charge >= 0.3 is 0 Å². The van der Waals surface area contributed by atoms with Gasteiger partial charge in [0.15, 0.2) is 11.5 Å². The summed E-state index contributed by atoms with van der Waals surface area (Å²) in [5.41, 5.74) is 0.877. The Morgan fingerprint density at radius 3 is 2.48 bits per heavy atom. The van der Waals surface area contributed by atoms with Gasteiger partial charge in [0.1, 0.15) is 0 Å². The maximum Gasteiger partial charge on any atom is 0.261 e. The van der Waals surface area contributed by atoms with E-state index in [0.717, 1.165) is 0 Å². The Kier molecular flexibility index (Phi) is 6.38. The van der Waals surface area contributed by atoms with Crippen LogP contribution in [0.2, 0.25) is 5.02 Å². The predicted octanol–water partition coefficient (Wildman–Crippen LogP) is 3.24. The monoisotopic (exact) mass is 487 g/mol. The molecule has 33 heavy (non-hydrogen) atoms. The van der Waals surface area contributed by atoms with Crippen LogP contribution < -0.4 is 24.8 Å². The van der Waals surface area contributed by atoms with Gasteiger partial charge in [0.2, 0.25) is 12.7 Å². The molecule has 9 nitrogen and oxygen atoms in total. The molecule has 11 heteroatoms. The SMILES string of the molecule is O=C(CNC(=O)c1ccc2c(c1)OCO2)Nc1cccc(S(=O)(=O)Nc2cccc(Cl)c2)c1. The van der Waals surface area contributed by atoms with Gasteiger partial charge in [-0.05, 0) is 54.6 Å². The molecule has 4 rings (SSSR count). The number of sulfonamides is 1. The average Bonchev–Trinajstić information content (AvgIpc) is 3.25. The van der Waals surface area contributed by atoms with Crippen molar-refractivity contribution in [3.05, 3.63) is 77.3 Å². The first-order valence-corrected chi connectivity index (χ1v) is 11.5. The number of carbonyl (C=O) groups excluding carboxylic acids is 2. The molecule has 0 aliphatic carbocycles. The van der Waals surface area contributed by atoms with Crippen LogP contribution in [0.3, 0.4) is 0 Å². The number of ether oxygens (including phenoxy) is 2. The number of fused-ring (bicyclic) bond motifs is 1. The highest BCUT2D eigenvalue weighted by Crippen LogP contribution is 2.32. The van der Waals surface area contributed by atoms with Crippen molar-refractivity contribution >= 4 is 44.8 Å². The topological polar surface area (TPSA) is 123 Å². The molecule has 3 aromatic carbocycles. The Balaban J connectivity index is 1.36. The van der Waals surface area contributed by atoms with Crippen molar-refractivity contribution < 1.29 is 27.5 Å². The van der Waals surface area contributed by atoms with Crippen LogP contribution in [0.1, 0.15) is 10.4 Å². The van der Waals surface area contributed by atoms with E-state index < -0.39 is 21.8 Å². The molecular formula is C22H18ClN3O6S. The summed E-state index contributed by atoms with van der Waals surface area (Å²) in [4.78, 5) is 24.5. The normalized spacial score (nSPS) is 12.2. The first kappa shape index (κ1) is 22.4. The van der Waals surface area contributed by atoms with Crippen LogP contribution in [-0.4, -0.2) is 33.6 Å². The van der Waals surface area contributed by atoms with Crippen LogP contribution in [0.5, 0.6) is 11.5 Å². The molecular weight excluding hydrogens is 470 g/mol. The minimum absolute atomic E-state index is 0.0512. The van der Waals surface area contributed by atoms with Crippen LogP contribution in [0.25, 0.3) is 0 Å². The summed E-state index contributed by atoms with van der Waals surface area (Å²) < 4.78 is 38.2. The van der Waals surface area contributed by atoms with Gasteiger partial charge in [-0.2, -0.15) is 0 Å². The lowest BCUT2D eigenvalue weighted by Crippen LogP contribution is -2.32. The van der Waals surface area contributed by atoms with E-state index in [1.807, 2.05) is 0 Å². The van der Waals surface area contributed by atoms with Crippen molar-refractivity contribution in [3.8, 4) is 11.5 Å². The molecule has 0 aromatic heterocycles. The van der Waals surface area contributed by atoms with E-state index in [0.29, 0.717) is 27.8 Å². The zero-order valence-corrected chi connectivity index (χ0v) is 18.6. The Morgan fingerprint density at radius 2 is 1.67 bits per heavy atom. The molecule has 1 heterocycles. The van der Waals surface area contributed by atoms with Gasteiger partial charge in [-0.3, -0.25) is 14.3 Å². The van der Waals surface area contributed by atoms with Crippen molar-refractivity contribution in [2.45, 2.75) is 4.90 Å². The molecule has 170 valence electrons. The summed E-state index contributed by atoms with van der Waals surface area (Å²) in [5, 5.41) is 5.45. The van der Waals surface area contributed by atoms with Gasteiger partial charge in [0.25, 0.3) is 15.9 Å². The number of hydrogen-bond acceptors (Lipinski definition) is 6.